The molecule has 0 radical (unpaired) electrons. The Balaban J connectivity index is 2.03. The maximum absolute atomic E-state index is 11.9. The number of carbonyl (C=O) groups is 1. The van der Waals surface area contributed by atoms with Gasteiger partial charge in [0.1, 0.15) is 5.60 Å². The SMILES string of the molecule is CC(C)(C)OC(=O)c1cncc(NC2CCC2)c1. The average molecular weight is 248 g/mol. The number of esters is 1. The van der Waals surface area contributed by atoms with Crippen LogP contribution in [0, 0.1) is 0 Å². The minimum absolute atomic E-state index is 0.327. The van der Waals surface area contributed by atoms with Crippen molar-refractivity contribution in [2.24, 2.45) is 0 Å². The summed E-state index contributed by atoms with van der Waals surface area (Å²) in [6.45, 7) is 5.57. The van der Waals surface area contributed by atoms with Crippen molar-refractivity contribution in [2.75, 3.05) is 5.32 Å². The average Bonchev–Trinajstić information content (AvgIpc) is 2.22. The van der Waals surface area contributed by atoms with Crippen molar-refractivity contribution in [2.45, 2.75) is 51.7 Å². The second kappa shape index (κ2) is 4.96. The molecule has 0 unspecified atom stereocenters. The Morgan fingerprint density at radius 2 is 2.11 bits per heavy atom. The third-order valence-electron chi connectivity index (χ3n) is 2.85. The van der Waals surface area contributed by atoms with E-state index in [1.54, 1.807) is 18.5 Å². The molecule has 2 rings (SSSR count). The smallest absolute Gasteiger partial charge is 0.340 e. The molecule has 0 amide bonds. The molecular formula is C14H20N2O2. The van der Waals surface area contributed by atoms with Gasteiger partial charge in [-0.05, 0) is 46.1 Å². The first-order chi connectivity index (χ1) is 8.44. The largest absolute Gasteiger partial charge is 0.456 e. The molecule has 0 aromatic carbocycles. The fourth-order valence-electron chi connectivity index (χ4n) is 1.76. The lowest BCUT2D eigenvalue weighted by atomic mass is 9.93. The highest BCUT2D eigenvalue weighted by molar-refractivity contribution is 5.90. The molecule has 1 aromatic heterocycles. The van der Waals surface area contributed by atoms with Crippen molar-refractivity contribution < 1.29 is 9.53 Å². The summed E-state index contributed by atoms with van der Waals surface area (Å²) in [6.07, 6.45) is 6.94. The van der Waals surface area contributed by atoms with Crippen molar-refractivity contribution >= 4 is 11.7 Å². The summed E-state index contributed by atoms with van der Waals surface area (Å²) < 4.78 is 5.32. The summed E-state index contributed by atoms with van der Waals surface area (Å²) in [5.41, 5.74) is 0.909. The quantitative estimate of drug-likeness (QED) is 0.835. The van der Waals surface area contributed by atoms with Gasteiger partial charge in [0, 0.05) is 18.4 Å². The highest BCUT2D eigenvalue weighted by Crippen LogP contribution is 2.23. The molecule has 1 aliphatic rings. The van der Waals surface area contributed by atoms with Gasteiger partial charge in [-0.1, -0.05) is 0 Å². The predicted molar refractivity (Wildman–Crippen MR) is 70.7 cm³/mol. The van der Waals surface area contributed by atoms with E-state index < -0.39 is 5.60 Å². The summed E-state index contributed by atoms with van der Waals surface area (Å²) in [6, 6.07) is 2.33. The van der Waals surface area contributed by atoms with Gasteiger partial charge in [-0.3, -0.25) is 4.98 Å². The Morgan fingerprint density at radius 1 is 1.39 bits per heavy atom. The summed E-state index contributed by atoms with van der Waals surface area (Å²) in [5, 5.41) is 3.37. The second-order valence-corrected chi connectivity index (χ2v) is 5.74. The van der Waals surface area contributed by atoms with Gasteiger partial charge in [-0.15, -0.1) is 0 Å². The topological polar surface area (TPSA) is 51.2 Å². The lowest BCUT2D eigenvalue weighted by Gasteiger charge is -2.27. The molecule has 4 heteroatoms. The zero-order chi connectivity index (χ0) is 13.2. The van der Waals surface area contributed by atoms with Gasteiger partial charge >= 0.3 is 5.97 Å². The molecule has 98 valence electrons. The van der Waals surface area contributed by atoms with Crippen LogP contribution in [0.15, 0.2) is 18.5 Å². The van der Waals surface area contributed by atoms with E-state index in [0.717, 1.165) is 5.69 Å². The predicted octanol–water partition coefficient (Wildman–Crippen LogP) is 3.00. The van der Waals surface area contributed by atoms with Crippen LogP contribution in [0.3, 0.4) is 0 Å². The molecule has 1 aromatic rings. The van der Waals surface area contributed by atoms with E-state index in [2.05, 4.69) is 10.3 Å². The number of hydrogen-bond acceptors (Lipinski definition) is 4. The van der Waals surface area contributed by atoms with E-state index >= 15 is 0 Å². The first-order valence-electron chi connectivity index (χ1n) is 6.39. The van der Waals surface area contributed by atoms with Crippen LogP contribution >= 0.6 is 0 Å². The van der Waals surface area contributed by atoms with Gasteiger partial charge in [0.05, 0.1) is 11.3 Å². The first-order valence-corrected chi connectivity index (χ1v) is 6.39. The third-order valence-corrected chi connectivity index (χ3v) is 2.85. The Hall–Kier alpha value is -1.58. The summed E-state index contributed by atoms with van der Waals surface area (Å²) >= 11 is 0. The molecular weight excluding hydrogens is 228 g/mol. The number of aromatic nitrogens is 1. The molecule has 1 fully saturated rings. The van der Waals surface area contributed by atoms with Crippen LogP contribution in [0.5, 0.6) is 0 Å². The summed E-state index contributed by atoms with van der Waals surface area (Å²) in [4.78, 5) is 16.0. The van der Waals surface area contributed by atoms with Crippen LogP contribution < -0.4 is 5.32 Å². The van der Waals surface area contributed by atoms with E-state index in [1.807, 2.05) is 20.8 Å². The van der Waals surface area contributed by atoms with Gasteiger partial charge in [-0.2, -0.15) is 0 Å². The molecule has 1 saturated carbocycles. The van der Waals surface area contributed by atoms with E-state index in [9.17, 15) is 4.79 Å². The molecule has 4 nitrogen and oxygen atoms in total. The second-order valence-electron chi connectivity index (χ2n) is 5.74. The minimum atomic E-state index is -0.478. The molecule has 1 N–H and O–H groups in total. The van der Waals surface area contributed by atoms with E-state index in [0.29, 0.717) is 11.6 Å². The molecule has 1 heterocycles. The van der Waals surface area contributed by atoms with Crippen LogP contribution in [-0.2, 0) is 4.74 Å². The van der Waals surface area contributed by atoms with Crippen LogP contribution in [0.2, 0.25) is 0 Å². The Bertz CT molecular complexity index is 434. The lowest BCUT2D eigenvalue weighted by Crippen LogP contribution is -2.27. The van der Waals surface area contributed by atoms with Crippen LogP contribution in [0.1, 0.15) is 50.4 Å². The highest BCUT2D eigenvalue weighted by Gasteiger charge is 2.20. The number of anilines is 1. The number of hydrogen-bond donors (Lipinski definition) is 1. The van der Waals surface area contributed by atoms with Gasteiger partial charge in [-0.25, -0.2) is 4.79 Å². The van der Waals surface area contributed by atoms with Gasteiger partial charge in [0.25, 0.3) is 0 Å². The van der Waals surface area contributed by atoms with Crippen LogP contribution in [0.4, 0.5) is 5.69 Å². The molecule has 18 heavy (non-hydrogen) atoms. The molecule has 0 atom stereocenters. The molecule has 0 spiro atoms. The molecule has 0 saturated heterocycles. The zero-order valence-corrected chi connectivity index (χ0v) is 11.2. The van der Waals surface area contributed by atoms with Crippen molar-refractivity contribution in [3.8, 4) is 0 Å². The number of carbonyl (C=O) groups excluding carboxylic acids is 1. The Labute approximate surface area is 108 Å². The third kappa shape index (κ3) is 3.45. The first kappa shape index (κ1) is 12.9. The summed E-state index contributed by atoms with van der Waals surface area (Å²) in [7, 11) is 0. The van der Waals surface area contributed by atoms with E-state index in [1.165, 1.54) is 19.3 Å². The van der Waals surface area contributed by atoms with Gasteiger partial charge in [0.15, 0.2) is 0 Å². The number of pyridine rings is 1. The van der Waals surface area contributed by atoms with Crippen LogP contribution in [0.25, 0.3) is 0 Å². The Morgan fingerprint density at radius 3 is 2.67 bits per heavy atom. The lowest BCUT2D eigenvalue weighted by molar-refractivity contribution is 0.00691. The highest BCUT2D eigenvalue weighted by atomic mass is 16.6. The zero-order valence-electron chi connectivity index (χ0n) is 11.2. The molecule has 0 aliphatic heterocycles. The number of ether oxygens (including phenoxy) is 1. The maximum Gasteiger partial charge on any atom is 0.340 e. The minimum Gasteiger partial charge on any atom is -0.456 e. The van der Waals surface area contributed by atoms with E-state index in [4.69, 9.17) is 4.74 Å². The van der Waals surface area contributed by atoms with E-state index in [-0.39, 0.29) is 5.97 Å². The Kier molecular flexibility index (Phi) is 3.55. The van der Waals surface area contributed by atoms with Gasteiger partial charge in [0.2, 0.25) is 0 Å². The number of nitrogens with one attached hydrogen (secondary N) is 1. The molecule has 1 aliphatic carbocycles. The fraction of sp³-hybridized carbons (Fsp3) is 0.571. The normalized spacial score (nSPS) is 15.9. The number of nitrogens with zero attached hydrogens (tertiary/aromatic N) is 1. The monoisotopic (exact) mass is 248 g/mol. The van der Waals surface area contributed by atoms with Crippen molar-refractivity contribution in [1.82, 2.24) is 4.98 Å². The summed E-state index contributed by atoms with van der Waals surface area (Å²) in [5.74, 6) is -0.327. The van der Waals surface area contributed by atoms with Crippen molar-refractivity contribution in [1.29, 1.82) is 0 Å². The van der Waals surface area contributed by atoms with Crippen LogP contribution in [-0.4, -0.2) is 22.6 Å². The number of rotatable bonds is 3. The fourth-order valence-corrected chi connectivity index (χ4v) is 1.76. The maximum atomic E-state index is 11.9. The van der Waals surface area contributed by atoms with Gasteiger partial charge < -0.3 is 10.1 Å². The van der Waals surface area contributed by atoms with Crippen molar-refractivity contribution in [3.63, 3.8) is 0 Å². The molecule has 0 bridgehead atoms. The van der Waals surface area contributed by atoms with Crippen molar-refractivity contribution in [3.05, 3.63) is 24.0 Å². The standard InChI is InChI=1S/C14H20N2O2/c1-14(2,3)18-13(17)10-7-12(9-15-8-10)16-11-5-4-6-11/h7-9,11,16H,4-6H2,1-3H3.